The minimum absolute atomic E-state index is 0.110. The van der Waals surface area contributed by atoms with Crippen molar-refractivity contribution < 1.29 is 30.4 Å². The van der Waals surface area contributed by atoms with Crippen molar-refractivity contribution >= 4 is 10.0 Å². The van der Waals surface area contributed by atoms with Crippen LogP contribution in [0, 0.1) is 13.8 Å². The molecule has 0 radical (unpaired) electrons. The van der Waals surface area contributed by atoms with Crippen molar-refractivity contribution in [3.05, 3.63) is 29.3 Å². The van der Waals surface area contributed by atoms with Gasteiger partial charge in [0.05, 0.1) is 17.9 Å². The molecule has 0 aromatic carbocycles. The van der Waals surface area contributed by atoms with Crippen molar-refractivity contribution in [3.8, 4) is 0 Å². The summed E-state index contributed by atoms with van der Waals surface area (Å²) in [6.45, 7) is 1.34. The monoisotopic (exact) mass is 429 g/mol. The van der Waals surface area contributed by atoms with E-state index in [-0.39, 0.29) is 28.2 Å². The first kappa shape index (κ1) is 22.3. The summed E-state index contributed by atoms with van der Waals surface area (Å²) in [6, 6.07) is 0.457. The Morgan fingerprint density at radius 3 is 2.32 bits per heavy atom. The molecule has 0 aliphatic heterocycles. The van der Waals surface area contributed by atoms with E-state index >= 15 is 0 Å². The van der Waals surface area contributed by atoms with E-state index < -0.39 is 34.5 Å². The summed E-state index contributed by atoms with van der Waals surface area (Å²) >= 11 is 0. The molecule has 0 fully saturated rings. The van der Waals surface area contributed by atoms with Gasteiger partial charge in [0.1, 0.15) is 4.90 Å². The van der Waals surface area contributed by atoms with Crippen molar-refractivity contribution in [2.24, 2.45) is 0 Å². The topological polar surface area (TPSA) is 81.8 Å². The van der Waals surface area contributed by atoms with Gasteiger partial charge in [-0.3, -0.25) is 4.68 Å². The van der Waals surface area contributed by atoms with Gasteiger partial charge in [0, 0.05) is 12.2 Å². The Balaban J connectivity index is 2.09. The molecular weight excluding hydrogens is 409 g/mol. The molecule has 0 amide bonds. The highest BCUT2D eigenvalue weighted by molar-refractivity contribution is 7.89. The molecule has 0 aliphatic rings. The number of alkyl halides is 5. The van der Waals surface area contributed by atoms with Gasteiger partial charge in [0.15, 0.2) is 5.69 Å². The number of nitrogens with zero attached hydrogens (tertiary/aromatic N) is 4. The Morgan fingerprint density at radius 2 is 1.86 bits per heavy atom. The Bertz CT molecular complexity index is 920. The summed E-state index contributed by atoms with van der Waals surface area (Å²) in [5, 5.41) is 6.93. The standard InChI is InChI=1S/C15H20F5N5O2S/c1-4-11(24-9(2)7-13(23-24)15(18,19)20)5-6-22-28(26,27)12-8-21-25(10(12)3)14(16)17/h7-8,11,14,22H,4-6H2,1-3H3. The predicted molar refractivity (Wildman–Crippen MR) is 89.3 cm³/mol. The zero-order chi connectivity index (χ0) is 21.3. The molecule has 7 nitrogen and oxygen atoms in total. The molecule has 0 saturated carbocycles. The zero-order valence-corrected chi connectivity index (χ0v) is 16.2. The molecule has 28 heavy (non-hydrogen) atoms. The number of aromatic nitrogens is 4. The fourth-order valence-corrected chi connectivity index (χ4v) is 4.01. The van der Waals surface area contributed by atoms with Crippen LogP contribution in [0.15, 0.2) is 17.2 Å². The van der Waals surface area contributed by atoms with Crippen LogP contribution >= 0.6 is 0 Å². The van der Waals surface area contributed by atoms with Crippen LogP contribution < -0.4 is 4.72 Å². The molecule has 0 aliphatic carbocycles. The molecule has 158 valence electrons. The third kappa shape index (κ3) is 4.69. The molecule has 13 heteroatoms. The summed E-state index contributed by atoms with van der Waals surface area (Å²) in [7, 11) is -4.09. The molecule has 0 spiro atoms. The van der Waals surface area contributed by atoms with E-state index in [1.807, 2.05) is 0 Å². The van der Waals surface area contributed by atoms with Crippen LogP contribution in [0.4, 0.5) is 22.0 Å². The van der Waals surface area contributed by atoms with Gasteiger partial charge < -0.3 is 0 Å². The zero-order valence-electron chi connectivity index (χ0n) is 15.3. The second-order valence-electron chi connectivity index (χ2n) is 6.18. The molecule has 0 saturated heterocycles. The predicted octanol–water partition coefficient (Wildman–Crippen LogP) is 3.43. The van der Waals surface area contributed by atoms with E-state index in [0.29, 0.717) is 12.1 Å². The first-order valence-electron chi connectivity index (χ1n) is 8.33. The quantitative estimate of drug-likeness (QED) is 0.652. The third-order valence-electron chi connectivity index (χ3n) is 4.27. The summed E-state index contributed by atoms with van der Waals surface area (Å²) < 4.78 is 92.3. The van der Waals surface area contributed by atoms with E-state index in [4.69, 9.17) is 0 Å². The number of rotatable bonds is 8. The minimum Gasteiger partial charge on any atom is -0.266 e. The van der Waals surface area contributed by atoms with Gasteiger partial charge in [-0.05, 0) is 32.8 Å². The largest absolute Gasteiger partial charge is 0.435 e. The van der Waals surface area contributed by atoms with Gasteiger partial charge in [-0.1, -0.05) is 6.92 Å². The Morgan fingerprint density at radius 1 is 1.21 bits per heavy atom. The second-order valence-corrected chi connectivity index (χ2v) is 7.91. The highest BCUT2D eigenvalue weighted by Gasteiger charge is 2.35. The number of halogens is 5. The lowest BCUT2D eigenvalue weighted by Gasteiger charge is -2.18. The first-order valence-corrected chi connectivity index (χ1v) is 9.82. The summed E-state index contributed by atoms with van der Waals surface area (Å²) in [5.41, 5.74) is -0.928. The summed E-state index contributed by atoms with van der Waals surface area (Å²) in [5.74, 6) is 0. The van der Waals surface area contributed by atoms with Crippen LogP contribution in [0.5, 0.6) is 0 Å². The van der Waals surface area contributed by atoms with Gasteiger partial charge in [-0.25, -0.2) is 17.8 Å². The van der Waals surface area contributed by atoms with Gasteiger partial charge >= 0.3 is 12.7 Å². The maximum Gasteiger partial charge on any atom is 0.435 e. The highest BCUT2D eigenvalue weighted by Crippen LogP contribution is 2.30. The number of nitrogens with one attached hydrogen (secondary N) is 1. The van der Waals surface area contributed by atoms with E-state index in [9.17, 15) is 30.4 Å². The third-order valence-corrected chi connectivity index (χ3v) is 5.84. The van der Waals surface area contributed by atoms with E-state index in [2.05, 4.69) is 14.9 Å². The van der Waals surface area contributed by atoms with Gasteiger partial charge in [0.25, 0.3) is 0 Å². The molecule has 1 unspecified atom stereocenters. The average Bonchev–Trinajstić information content (AvgIpc) is 3.15. The van der Waals surface area contributed by atoms with Crippen molar-refractivity contribution in [1.29, 1.82) is 0 Å². The Kier molecular flexibility index (Phi) is 6.48. The lowest BCUT2D eigenvalue weighted by atomic mass is 10.1. The molecular formula is C15H20F5N5O2S. The van der Waals surface area contributed by atoms with Crippen molar-refractivity contribution in [1.82, 2.24) is 24.3 Å². The lowest BCUT2D eigenvalue weighted by Crippen LogP contribution is -2.27. The number of hydrogen-bond acceptors (Lipinski definition) is 4. The molecule has 1 atom stereocenters. The van der Waals surface area contributed by atoms with Crippen LogP contribution in [0.25, 0.3) is 0 Å². The van der Waals surface area contributed by atoms with Crippen LogP contribution in [0.1, 0.15) is 49.4 Å². The van der Waals surface area contributed by atoms with Crippen LogP contribution in [-0.2, 0) is 16.2 Å². The fourth-order valence-electron chi connectivity index (χ4n) is 2.80. The Hall–Kier alpha value is -2.02. The van der Waals surface area contributed by atoms with Crippen molar-refractivity contribution in [3.63, 3.8) is 0 Å². The maximum atomic E-state index is 12.8. The minimum atomic E-state index is -4.57. The Labute approximate surface area is 158 Å². The summed E-state index contributed by atoms with van der Waals surface area (Å²) in [4.78, 5) is -0.379. The van der Waals surface area contributed by atoms with Crippen LogP contribution in [0.3, 0.4) is 0 Å². The average molecular weight is 429 g/mol. The van der Waals surface area contributed by atoms with Gasteiger partial charge in [0.2, 0.25) is 10.0 Å². The van der Waals surface area contributed by atoms with Crippen molar-refractivity contribution in [2.45, 2.75) is 57.3 Å². The maximum absolute atomic E-state index is 12.8. The smallest absolute Gasteiger partial charge is 0.266 e. The number of hydrogen-bond donors (Lipinski definition) is 1. The number of sulfonamides is 1. The normalized spacial score (nSPS) is 14.0. The molecule has 2 rings (SSSR count). The molecule has 2 aromatic rings. The SMILES string of the molecule is CCC(CCNS(=O)(=O)c1cnn(C(F)F)c1C)n1nc(C(F)(F)F)cc1C. The van der Waals surface area contributed by atoms with Crippen LogP contribution in [0.2, 0.25) is 0 Å². The second kappa shape index (κ2) is 8.15. The molecule has 2 heterocycles. The molecule has 0 bridgehead atoms. The van der Waals surface area contributed by atoms with Crippen molar-refractivity contribution in [2.75, 3.05) is 6.54 Å². The van der Waals surface area contributed by atoms with E-state index in [0.717, 1.165) is 12.3 Å². The highest BCUT2D eigenvalue weighted by atomic mass is 32.2. The summed E-state index contributed by atoms with van der Waals surface area (Å²) in [6.07, 6.45) is -3.16. The number of aryl methyl sites for hydroxylation is 1. The van der Waals surface area contributed by atoms with Crippen LogP contribution in [-0.4, -0.2) is 34.5 Å². The van der Waals surface area contributed by atoms with E-state index in [1.54, 1.807) is 6.92 Å². The first-order chi connectivity index (χ1) is 12.9. The molecule has 1 N–H and O–H groups in total. The lowest BCUT2D eigenvalue weighted by molar-refractivity contribution is -0.141. The van der Waals surface area contributed by atoms with Gasteiger partial charge in [-0.15, -0.1) is 0 Å². The molecule has 2 aromatic heterocycles. The van der Waals surface area contributed by atoms with E-state index in [1.165, 1.54) is 18.5 Å². The van der Waals surface area contributed by atoms with Gasteiger partial charge in [-0.2, -0.15) is 32.1 Å². The fraction of sp³-hybridized carbons (Fsp3) is 0.600.